The molecule has 2 aromatic heterocycles. The van der Waals surface area contributed by atoms with Crippen LogP contribution in [-0.2, 0) is 0 Å². The molecular weight excluding hydrogens is 395 g/mol. The van der Waals surface area contributed by atoms with Crippen molar-refractivity contribution in [3.8, 4) is 22.5 Å². The van der Waals surface area contributed by atoms with E-state index in [0.29, 0.717) is 5.92 Å². The molecule has 4 aromatic rings. The molecule has 0 amide bonds. The number of halogens is 1. The van der Waals surface area contributed by atoms with E-state index in [1.54, 1.807) is 30.1 Å². The number of hydrogen-bond acceptors (Lipinski definition) is 4. The number of thioether (sulfide) groups is 1. The number of nitrogens with zero attached hydrogens (tertiary/aromatic N) is 2. The van der Waals surface area contributed by atoms with E-state index in [0.717, 1.165) is 40.0 Å². The molecule has 0 spiro atoms. The third-order valence-electron chi connectivity index (χ3n) is 5.00. The van der Waals surface area contributed by atoms with Crippen LogP contribution in [0.1, 0.15) is 18.4 Å². The van der Waals surface area contributed by atoms with Crippen LogP contribution in [0.2, 0.25) is 0 Å². The van der Waals surface area contributed by atoms with Crippen molar-refractivity contribution in [2.45, 2.75) is 18.0 Å². The Hall–Kier alpha value is -3.12. The zero-order chi connectivity index (χ0) is 20.9. The van der Waals surface area contributed by atoms with E-state index in [2.05, 4.69) is 46.5 Å². The molecule has 0 radical (unpaired) electrons. The Kier molecular flexibility index (Phi) is 6.14. The van der Waals surface area contributed by atoms with Crippen LogP contribution in [0.4, 0.5) is 10.2 Å². The van der Waals surface area contributed by atoms with Gasteiger partial charge in [-0.3, -0.25) is 0 Å². The SMILES string of the molecule is CSc1nc(-c2ccnc(NCC(C)c3ccccc3)c2)c(-c2ccc(F)cc2)[nH]1. The molecular formula is C24H23FN4S. The van der Waals surface area contributed by atoms with Crippen molar-refractivity contribution in [2.24, 2.45) is 0 Å². The molecule has 1 atom stereocenters. The summed E-state index contributed by atoms with van der Waals surface area (Å²) in [6, 6.07) is 20.8. The number of pyridine rings is 1. The highest BCUT2D eigenvalue weighted by molar-refractivity contribution is 7.98. The van der Waals surface area contributed by atoms with Gasteiger partial charge in [-0.15, -0.1) is 0 Å². The lowest BCUT2D eigenvalue weighted by atomic mass is 10.0. The maximum atomic E-state index is 13.4. The largest absolute Gasteiger partial charge is 0.369 e. The normalized spacial score (nSPS) is 12.0. The first-order valence-electron chi connectivity index (χ1n) is 9.79. The molecule has 0 aliphatic carbocycles. The van der Waals surface area contributed by atoms with Crippen LogP contribution in [0, 0.1) is 5.82 Å². The number of benzene rings is 2. The number of H-pyrrole nitrogens is 1. The monoisotopic (exact) mass is 418 g/mol. The van der Waals surface area contributed by atoms with E-state index in [-0.39, 0.29) is 5.82 Å². The summed E-state index contributed by atoms with van der Waals surface area (Å²) in [4.78, 5) is 12.6. The van der Waals surface area contributed by atoms with E-state index in [1.165, 1.54) is 17.7 Å². The molecule has 0 aliphatic rings. The second-order valence-corrected chi connectivity index (χ2v) is 7.89. The van der Waals surface area contributed by atoms with Gasteiger partial charge in [-0.25, -0.2) is 14.4 Å². The van der Waals surface area contributed by atoms with Crippen molar-refractivity contribution in [3.05, 3.63) is 84.3 Å². The fourth-order valence-corrected chi connectivity index (χ4v) is 3.70. The molecule has 2 N–H and O–H groups in total. The highest BCUT2D eigenvalue weighted by atomic mass is 32.2. The first-order chi connectivity index (χ1) is 14.6. The molecule has 0 aliphatic heterocycles. The molecule has 4 rings (SSSR count). The molecule has 4 nitrogen and oxygen atoms in total. The summed E-state index contributed by atoms with van der Waals surface area (Å²) in [5.41, 5.74) is 4.83. The van der Waals surface area contributed by atoms with Gasteiger partial charge in [0, 0.05) is 23.9 Å². The Morgan fingerprint density at radius 3 is 2.53 bits per heavy atom. The molecule has 2 aromatic carbocycles. The summed E-state index contributed by atoms with van der Waals surface area (Å²) >= 11 is 1.54. The van der Waals surface area contributed by atoms with Crippen molar-refractivity contribution in [1.82, 2.24) is 15.0 Å². The van der Waals surface area contributed by atoms with Gasteiger partial charge in [-0.2, -0.15) is 0 Å². The van der Waals surface area contributed by atoms with Crippen LogP contribution < -0.4 is 5.32 Å². The van der Waals surface area contributed by atoms with Crippen LogP contribution in [0.15, 0.2) is 78.1 Å². The molecule has 1 unspecified atom stereocenters. The Balaban J connectivity index is 1.59. The molecule has 0 saturated heterocycles. The number of aromatic amines is 1. The molecule has 0 fully saturated rings. The van der Waals surface area contributed by atoms with Crippen LogP contribution in [-0.4, -0.2) is 27.8 Å². The van der Waals surface area contributed by atoms with Crippen LogP contribution >= 0.6 is 11.8 Å². The zero-order valence-electron chi connectivity index (χ0n) is 16.9. The third-order valence-corrected chi connectivity index (χ3v) is 5.58. The first kappa shape index (κ1) is 20.2. The lowest BCUT2D eigenvalue weighted by Gasteiger charge is -2.14. The average molecular weight is 419 g/mol. The van der Waals surface area contributed by atoms with Crippen LogP contribution in [0.3, 0.4) is 0 Å². The van der Waals surface area contributed by atoms with Crippen molar-refractivity contribution in [1.29, 1.82) is 0 Å². The van der Waals surface area contributed by atoms with Gasteiger partial charge < -0.3 is 10.3 Å². The topological polar surface area (TPSA) is 53.6 Å². The Labute approximate surface area is 180 Å². The second-order valence-electron chi connectivity index (χ2n) is 7.10. The number of rotatable bonds is 7. The Bertz CT molecular complexity index is 1110. The minimum atomic E-state index is -0.257. The smallest absolute Gasteiger partial charge is 0.166 e. The number of hydrogen-bond donors (Lipinski definition) is 2. The predicted octanol–water partition coefficient (Wildman–Crippen LogP) is 6.22. The van der Waals surface area contributed by atoms with Gasteiger partial charge in [0.2, 0.25) is 0 Å². The maximum absolute atomic E-state index is 13.4. The van der Waals surface area contributed by atoms with Crippen molar-refractivity contribution >= 4 is 17.6 Å². The molecule has 30 heavy (non-hydrogen) atoms. The molecule has 0 saturated carbocycles. The summed E-state index contributed by atoms with van der Waals surface area (Å²) in [6.07, 6.45) is 3.76. The van der Waals surface area contributed by atoms with Crippen molar-refractivity contribution < 1.29 is 4.39 Å². The summed E-state index contributed by atoms with van der Waals surface area (Å²) in [5.74, 6) is 0.904. The average Bonchev–Trinajstić information content (AvgIpc) is 3.23. The minimum absolute atomic E-state index is 0.257. The lowest BCUT2D eigenvalue weighted by molar-refractivity contribution is 0.628. The van der Waals surface area contributed by atoms with Gasteiger partial charge in [0.15, 0.2) is 5.16 Å². The van der Waals surface area contributed by atoms with E-state index in [1.807, 2.05) is 24.5 Å². The van der Waals surface area contributed by atoms with E-state index >= 15 is 0 Å². The Morgan fingerprint density at radius 2 is 1.80 bits per heavy atom. The van der Waals surface area contributed by atoms with Crippen LogP contribution in [0.5, 0.6) is 0 Å². The second kappa shape index (κ2) is 9.13. The molecule has 2 heterocycles. The summed E-state index contributed by atoms with van der Waals surface area (Å²) in [5, 5.41) is 4.25. The maximum Gasteiger partial charge on any atom is 0.166 e. The third kappa shape index (κ3) is 4.54. The van der Waals surface area contributed by atoms with Crippen molar-refractivity contribution in [3.63, 3.8) is 0 Å². The summed E-state index contributed by atoms with van der Waals surface area (Å²) in [7, 11) is 0. The fraction of sp³-hybridized carbons (Fsp3) is 0.167. The Morgan fingerprint density at radius 1 is 1.03 bits per heavy atom. The number of imidazole rings is 1. The van der Waals surface area contributed by atoms with Crippen molar-refractivity contribution in [2.75, 3.05) is 18.1 Å². The zero-order valence-corrected chi connectivity index (χ0v) is 17.7. The van der Waals surface area contributed by atoms with E-state index in [4.69, 9.17) is 4.98 Å². The highest BCUT2D eigenvalue weighted by Gasteiger charge is 2.15. The van der Waals surface area contributed by atoms with Gasteiger partial charge in [0.05, 0.1) is 11.4 Å². The quantitative estimate of drug-likeness (QED) is 0.350. The summed E-state index contributed by atoms with van der Waals surface area (Å²) in [6.45, 7) is 2.97. The van der Waals surface area contributed by atoms with E-state index < -0.39 is 0 Å². The van der Waals surface area contributed by atoms with E-state index in [9.17, 15) is 4.39 Å². The number of anilines is 1. The van der Waals surface area contributed by atoms with Gasteiger partial charge in [-0.05, 0) is 54.1 Å². The van der Waals surface area contributed by atoms with Gasteiger partial charge in [-0.1, -0.05) is 49.0 Å². The molecule has 152 valence electrons. The fourth-order valence-electron chi connectivity index (χ4n) is 3.31. The lowest BCUT2D eigenvalue weighted by Crippen LogP contribution is -2.10. The predicted molar refractivity (Wildman–Crippen MR) is 122 cm³/mol. The van der Waals surface area contributed by atoms with Gasteiger partial charge >= 0.3 is 0 Å². The van der Waals surface area contributed by atoms with Gasteiger partial charge in [0.1, 0.15) is 11.6 Å². The minimum Gasteiger partial charge on any atom is -0.369 e. The molecule has 6 heteroatoms. The van der Waals surface area contributed by atoms with Crippen LogP contribution in [0.25, 0.3) is 22.5 Å². The highest BCUT2D eigenvalue weighted by Crippen LogP contribution is 2.33. The summed E-state index contributed by atoms with van der Waals surface area (Å²) < 4.78 is 13.4. The first-order valence-corrected chi connectivity index (χ1v) is 11.0. The number of aromatic nitrogens is 3. The molecule has 0 bridgehead atoms. The standard InChI is InChI=1S/C24H23FN4S/c1-16(17-6-4-3-5-7-17)15-27-21-14-19(12-13-26-21)23-22(28-24(29-23)30-2)18-8-10-20(25)11-9-18/h3-14,16H,15H2,1-2H3,(H,26,27)(H,28,29). The van der Waals surface area contributed by atoms with Gasteiger partial charge in [0.25, 0.3) is 0 Å². The number of nitrogens with one attached hydrogen (secondary N) is 2.